The molecule has 2 N–H and O–H groups in total. The molecule has 26 heavy (non-hydrogen) atoms. The largest absolute Gasteiger partial charge is 0.481 e. The SMILES string of the molecule is O=C(Nc1ccccc1Cc1ccccc1)[C@@H]1[C@H](C(=O)O)[C@H]2C=C[C@H]1O2. The van der Waals surface area contributed by atoms with Crippen molar-refractivity contribution in [3.63, 3.8) is 0 Å². The first-order chi connectivity index (χ1) is 12.6. The monoisotopic (exact) mass is 349 g/mol. The maximum Gasteiger partial charge on any atom is 0.310 e. The molecule has 5 heteroatoms. The first-order valence-corrected chi connectivity index (χ1v) is 8.63. The van der Waals surface area contributed by atoms with E-state index in [1.807, 2.05) is 54.6 Å². The van der Waals surface area contributed by atoms with E-state index in [0.717, 1.165) is 11.1 Å². The first kappa shape index (κ1) is 16.5. The van der Waals surface area contributed by atoms with Crippen molar-refractivity contribution in [2.75, 3.05) is 5.32 Å². The Bertz CT molecular complexity index is 861. The lowest BCUT2D eigenvalue weighted by Gasteiger charge is -2.21. The quantitative estimate of drug-likeness (QED) is 0.814. The van der Waals surface area contributed by atoms with Gasteiger partial charge < -0.3 is 15.2 Å². The molecular weight excluding hydrogens is 330 g/mol. The van der Waals surface area contributed by atoms with Crippen molar-refractivity contribution in [2.24, 2.45) is 11.8 Å². The molecule has 2 aliphatic rings. The summed E-state index contributed by atoms with van der Waals surface area (Å²) in [6.45, 7) is 0. The summed E-state index contributed by atoms with van der Waals surface area (Å²) >= 11 is 0. The van der Waals surface area contributed by atoms with Crippen molar-refractivity contribution >= 4 is 17.6 Å². The van der Waals surface area contributed by atoms with E-state index < -0.39 is 30.0 Å². The number of para-hydroxylation sites is 1. The number of hydrogen-bond donors (Lipinski definition) is 2. The van der Waals surface area contributed by atoms with Crippen molar-refractivity contribution in [3.05, 3.63) is 77.9 Å². The van der Waals surface area contributed by atoms with Gasteiger partial charge in [-0.25, -0.2) is 0 Å². The van der Waals surface area contributed by atoms with Crippen LogP contribution in [0.1, 0.15) is 11.1 Å². The van der Waals surface area contributed by atoms with Crippen molar-refractivity contribution < 1.29 is 19.4 Å². The smallest absolute Gasteiger partial charge is 0.310 e. The minimum Gasteiger partial charge on any atom is -0.481 e. The van der Waals surface area contributed by atoms with Gasteiger partial charge in [0.2, 0.25) is 5.91 Å². The van der Waals surface area contributed by atoms with Gasteiger partial charge in [0.1, 0.15) is 5.92 Å². The lowest BCUT2D eigenvalue weighted by Crippen LogP contribution is -2.39. The predicted molar refractivity (Wildman–Crippen MR) is 96.7 cm³/mol. The molecule has 0 radical (unpaired) electrons. The average Bonchev–Trinajstić information content (AvgIpc) is 3.25. The van der Waals surface area contributed by atoms with Crippen LogP contribution in [0.2, 0.25) is 0 Å². The van der Waals surface area contributed by atoms with E-state index >= 15 is 0 Å². The maximum absolute atomic E-state index is 12.8. The van der Waals surface area contributed by atoms with Crippen molar-refractivity contribution in [3.8, 4) is 0 Å². The molecule has 0 saturated carbocycles. The molecule has 0 aliphatic carbocycles. The molecule has 2 aromatic carbocycles. The molecule has 5 nitrogen and oxygen atoms in total. The average molecular weight is 349 g/mol. The maximum atomic E-state index is 12.8. The van der Waals surface area contributed by atoms with E-state index in [1.54, 1.807) is 12.2 Å². The van der Waals surface area contributed by atoms with Crippen LogP contribution in [0.25, 0.3) is 0 Å². The van der Waals surface area contributed by atoms with Crippen LogP contribution in [0.15, 0.2) is 66.7 Å². The van der Waals surface area contributed by atoms with Crippen molar-refractivity contribution in [2.45, 2.75) is 18.6 Å². The minimum atomic E-state index is -1.00. The highest BCUT2D eigenvalue weighted by molar-refractivity contribution is 5.97. The molecule has 2 heterocycles. The Hall–Kier alpha value is -2.92. The molecule has 132 valence electrons. The Balaban J connectivity index is 1.55. The Morgan fingerprint density at radius 3 is 2.31 bits per heavy atom. The predicted octanol–water partition coefficient (Wildman–Crippen LogP) is 2.87. The summed E-state index contributed by atoms with van der Waals surface area (Å²) in [5, 5.41) is 12.4. The minimum absolute atomic E-state index is 0.310. The second-order valence-corrected chi connectivity index (χ2v) is 6.65. The Morgan fingerprint density at radius 1 is 0.923 bits per heavy atom. The van der Waals surface area contributed by atoms with Gasteiger partial charge in [-0.2, -0.15) is 0 Å². The highest BCUT2D eigenvalue weighted by Crippen LogP contribution is 2.40. The zero-order valence-corrected chi connectivity index (χ0v) is 14.0. The molecular formula is C21H19NO4. The van der Waals surface area contributed by atoms with Crippen LogP contribution in [0, 0.1) is 11.8 Å². The number of nitrogens with one attached hydrogen (secondary N) is 1. The van der Waals surface area contributed by atoms with Crippen LogP contribution in [0.3, 0.4) is 0 Å². The molecule has 4 atom stereocenters. The number of carbonyl (C=O) groups is 2. The molecule has 0 spiro atoms. The number of rotatable bonds is 5. The van der Waals surface area contributed by atoms with Crippen LogP contribution in [-0.4, -0.2) is 29.2 Å². The van der Waals surface area contributed by atoms with Gasteiger partial charge in [-0.1, -0.05) is 60.7 Å². The molecule has 0 unspecified atom stereocenters. The molecule has 2 aliphatic heterocycles. The Labute approximate surface area is 151 Å². The van der Waals surface area contributed by atoms with Gasteiger partial charge in [0.15, 0.2) is 0 Å². The number of ether oxygens (including phenoxy) is 1. The normalized spacial score (nSPS) is 26.0. The summed E-state index contributed by atoms with van der Waals surface area (Å²) < 4.78 is 5.59. The summed E-state index contributed by atoms with van der Waals surface area (Å²) in [5.74, 6) is -2.87. The standard InChI is InChI=1S/C21H19NO4/c23-20(18-16-10-11-17(26-16)19(18)21(24)25)22-15-9-5-4-8-14(15)12-13-6-2-1-3-7-13/h1-11,16-19H,12H2,(H,22,23)(H,24,25)/t16-,17-,18+,19-/m1/s1. The van der Waals surface area contributed by atoms with Gasteiger partial charge in [0, 0.05) is 5.69 Å². The topological polar surface area (TPSA) is 75.6 Å². The van der Waals surface area contributed by atoms with Crippen LogP contribution < -0.4 is 5.32 Å². The van der Waals surface area contributed by atoms with E-state index in [1.165, 1.54) is 0 Å². The van der Waals surface area contributed by atoms with E-state index in [2.05, 4.69) is 5.32 Å². The fraction of sp³-hybridized carbons (Fsp3) is 0.238. The number of anilines is 1. The summed E-state index contributed by atoms with van der Waals surface area (Å²) in [6, 6.07) is 17.6. The highest BCUT2D eigenvalue weighted by Gasteiger charge is 2.53. The Kier molecular flexibility index (Phi) is 4.31. The van der Waals surface area contributed by atoms with Crippen LogP contribution in [0.4, 0.5) is 5.69 Å². The number of carboxylic acids is 1. The Morgan fingerprint density at radius 2 is 1.58 bits per heavy atom. The number of amides is 1. The molecule has 2 bridgehead atoms. The number of hydrogen-bond acceptors (Lipinski definition) is 3. The third kappa shape index (κ3) is 3.02. The summed E-state index contributed by atoms with van der Waals surface area (Å²) in [4.78, 5) is 24.4. The summed E-state index contributed by atoms with van der Waals surface area (Å²) in [6.07, 6.45) is 3.21. The van der Waals surface area contributed by atoms with Gasteiger partial charge >= 0.3 is 5.97 Å². The van der Waals surface area contributed by atoms with Crippen molar-refractivity contribution in [1.82, 2.24) is 0 Å². The second-order valence-electron chi connectivity index (χ2n) is 6.65. The number of aliphatic carboxylic acids is 1. The van der Waals surface area contributed by atoms with E-state index in [9.17, 15) is 14.7 Å². The molecule has 1 amide bonds. The van der Waals surface area contributed by atoms with Gasteiger partial charge in [0.25, 0.3) is 0 Å². The first-order valence-electron chi connectivity index (χ1n) is 8.63. The van der Waals surface area contributed by atoms with Gasteiger partial charge in [0.05, 0.1) is 18.1 Å². The lowest BCUT2D eigenvalue weighted by atomic mass is 9.82. The number of fused-ring (bicyclic) bond motifs is 2. The number of carboxylic acid groups (broad SMARTS) is 1. The zero-order valence-electron chi connectivity index (χ0n) is 14.0. The fourth-order valence-corrected chi connectivity index (χ4v) is 3.74. The fourth-order valence-electron chi connectivity index (χ4n) is 3.74. The molecule has 1 fully saturated rings. The number of carbonyl (C=O) groups excluding carboxylic acids is 1. The number of benzene rings is 2. The summed E-state index contributed by atoms with van der Waals surface area (Å²) in [7, 11) is 0. The van der Waals surface area contributed by atoms with E-state index in [4.69, 9.17) is 4.74 Å². The highest BCUT2D eigenvalue weighted by atomic mass is 16.5. The van der Waals surface area contributed by atoms with Crippen LogP contribution in [-0.2, 0) is 20.7 Å². The second kappa shape index (κ2) is 6.77. The summed E-state index contributed by atoms with van der Waals surface area (Å²) in [5.41, 5.74) is 2.83. The van der Waals surface area contributed by atoms with Crippen LogP contribution in [0.5, 0.6) is 0 Å². The van der Waals surface area contributed by atoms with E-state index in [-0.39, 0.29) is 5.91 Å². The molecule has 4 rings (SSSR count). The van der Waals surface area contributed by atoms with Crippen LogP contribution >= 0.6 is 0 Å². The van der Waals surface area contributed by atoms with Gasteiger partial charge in [-0.15, -0.1) is 0 Å². The lowest BCUT2D eigenvalue weighted by molar-refractivity contribution is -0.145. The van der Waals surface area contributed by atoms with E-state index in [0.29, 0.717) is 12.1 Å². The van der Waals surface area contributed by atoms with Gasteiger partial charge in [-0.3, -0.25) is 9.59 Å². The molecule has 2 aromatic rings. The van der Waals surface area contributed by atoms with Crippen molar-refractivity contribution in [1.29, 1.82) is 0 Å². The van der Waals surface area contributed by atoms with Gasteiger partial charge in [-0.05, 0) is 23.6 Å². The zero-order chi connectivity index (χ0) is 18.1. The molecule has 1 saturated heterocycles. The third-order valence-corrected chi connectivity index (χ3v) is 5.00. The third-order valence-electron chi connectivity index (χ3n) is 5.00. The molecule has 0 aromatic heterocycles.